The van der Waals surface area contributed by atoms with Crippen LogP contribution >= 0.6 is 11.6 Å². The summed E-state index contributed by atoms with van der Waals surface area (Å²) in [6.45, 7) is -1.07. The van der Waals surface area contributed by atoms with Crippen molar-refractivity contribution in [3.8, 4) is 0 Å². The molecule has 9 heteroatoms. The molecular formula is C24H23ClN2O5S. The van der Waals surface area contributed by atoms with Crippen LogP contribution < -0.4 is 5.32 Å². The zero-order chi connectivity index (χ0) is 23.8. The number of nitrogens with one attached hydrogen (secondary N) is 1. The molecule has 0 aromatic heterocycles. The summed E-state index contributed by atoms with van der Waals surface area (Å²) in [4.78, 5) is 24.4. The summed E-state index contributed by atoms with van der Waals surface area (Å²) in [5.74, 6) is -1.37. The first kappa shape index (κ1) is 24.4. The summed E-state index contributed by atoms with van der Waals surface area (Å²) in [6, 6.07) is 22.8. The highest BCUT2D eigenvalue weighted by atomic mass is 35.5. The van der Waals surface area contributed by atoms with E-state index in [0.29, 0.717) is 17.1 Å². The average molecular weight is 487 g/mol. The second-order valence-corrected chi connectivity index (χ2v) is 9.72. The number of carbonyl (C=O) groups is 2. The van der Waals surface area contributed by atoms with Crippen LogP contribution in [0.3, 0.4) is 0 Å². The van der Waals surface area contributed by atoms with Gasteiger partial charge in [0.25, 0.3) is 5.91 Å². The third-order valence-corrected chi connectivity index (χ3v) is 6.84. The number of likely N-dealkylation sites (N-methyl/N-ethyl adjacent to an activating group) is 1. The van der Waals surface area contributed by atoms with E-state index in [1.165, 1.54) is 31.3 Å². The molecule has 0 bridgehead atoms. The van der Waals surface area contributed by atoms with Crippen LogP contribution in [-0.2, 0) is 30.8 Å². The number of anilines is 1. The van der Waals surface area contributed by atoms with Crippen LogP contribution in [0, 0.1) is 0 Å². The van der Waals surface area contributed by atoms with Gasteiger partial charge in [-0.05, 0) is 47.9 Å². The molecule has 0 aliphatic rings. The lowest BCUT2D eigenvalue weighted by Crippen LogP contribution is -2.34. The maximum Gasteiger partial charge on any atom is 0.321 e. The Balaban J connectivity index is 1.54. The van der Waals surface area contributed by atoms with Crippen LogP contribution in [0.15, 0.2) is 83.8 Å². The molecule has 0 fully saturated rings. The normalized spacial score (nSPS) is 11.2. The molecule has 0 saturated carbocycles. The molecule has 3 aromatic carbocycles. The fourth-order valence-electron chi connectivity index (χ4n) is 3.04. The van der Waals surface area contributed by atoms with E-state index < -0.39 is 35.1 Å². The standard InChI is InChI=1S/C24H23ClN2O5S/c1-27(33(30,31)21-13-11-20(25)12-14-21)16-24(29)32-17-23(28)26-22-10-6-5-9-19(22)15-18-7-3-2-4-8-18/h2-14H,15-17H2,1H3,(H,26,28). The number of hydrogen-bond acceptors (Lipinski definition) is 5. The molecule has 172 valence electrons. The van der Waals surface area contributed by atoms with Gasteiger partial charge in [-0.2, -0.15) is 4.31 Å². The van der Waals surface area contributed by atoms with Crippen LogP contribution in [0.5, 0.6) is 0 Å². The maximum atomic E-state index is 12.5. The van der Waals surface area contributed by atoms with Crippen molar-refractivity contribution in [1.29, 1.82) is 0 Å². The molecule has 1 N–H and O–H groups in total. The van der Waals surface area contributed by atoms with Gasteiger partial charge in [-0.25, -0.2) is 8.42 Å². The highest BCUT2D eigenvalue weighted by molar-refractivity contribution is 7.89. The van der Waals surface area contributed by atoms with Gasteiger partial charge >= 0.3 is 5.97 Å². The van der Waals surface area contributed by atoms with Crippen molar-refractivity contribution in [3.05, 3.63) is 95.0 Å². The highest BCUT2D eigenvalue weighted by Gasteiger charge is 2.24. The van der Waals surface area contributed by atoms with Gasteiger partial charge in [0.2, 0.25) is 10.0 Å². The van der Waals surface area contributed by atoms with E-state index in [-0.39, 0.29) is 4.90 Å². The lowest BCUT2D eigenvalue weighted by molar-refractivity contribution is -0.147. The first-order chi connectivity index (χ1) is 15.8. The Morgan fingerprint density at radius 2 is 1.58 bits per heavy atom. The fourth-order valence-corrected chi connectivity index (χ4v) is 4.28. The van der Waals surface area contributed by atoms with Gasteiger partial charge in [0.15, 0.2) is 6.61 Å². The Bertz CT molecular complexity index is 1220. The minimum absolute atomic E-state index is 0.00466. The number of amides is 1. The second kappa shape index (κ2) is 11.1. The molecule has 33 heavy (non-hydrogen) atoms. The Morgan fingerprint density at radius 3 is 2.27 bits per heavy atom. The van der Waals surface area contributed by atoms with Crippen molar-refractivity contribution in [1.82, 2.24) is 4.31 Å². The molecule has 1 amide bonds. The molecular weight excluding hydrogens is 464 g/mol. The van der Waals surface area contributed by atoms with Crippen LogP contribution in [-0.4, -0.2) is 44.8 Å². The van der Waals surface area contributed by atoms with Crippen LogP contribution in [0.2, 0.25) is 5.02 Å². The predicted molar refractivity (Wildman–Crippen MR) is 127 cm³/mol. The minimum atomic E-state index is -3.90. The first-order valence-electron chi connectivity index (χ1n) is 10.0. The lowest BCUT2D eigenvalue weighted by atomic mass is 10.0. The molecule has 0 saturated heterocycles. The number of carbonyl (C=O) groups excluding carboxylic acids is 2. The number of benzene rings is 3. The Hall–Kier alpha value is -3.20. The average Bonchev–Trinajstić information content (AvgIpc) is 2.80. The molecule has 0 spiro atoms. The first-order valence-corrected chi connectivity index (χ1v) is 11.9. The summed E-state index contributed by atoms with van der Waals surface area (Å²) in [5.41, 5.74) is 2.62. The molecule has 0 aliphatic heterocycles. The Kier molecular flexibility index (Phi) is 8.21. The largest absolute Gasteiger partial charge is 0.455 e. The molecule has 7 nitrogen and oxygen atoms in total. The molecule has 3 rings (SSSR count). The van der Waals surface area contributed by atoms with Crippen LogP contribution in [0.25, 0.3) is 0 Å². The zero-order valence-corrected chi connectivity index (χ0v) is 19.5. The fraction of sp³-hybridized carbons (Fsp3) is 0.167. The van der Waals surface area contributed by atoms with Crippen molar-refractivity contribution < 1.29 is 22.7 Å². The van der Waals surface area contributed by atoms with Crippen molar-refractivity contribution in [2.45, 2.75) is 11.3 Å². The molecule has 0 atom stereocenters. The SMILES string of the molecule is CN(CC(=O)OCC(=O)Nc1ccccc1Cc1ccccc1)S(=O)(=O)c1ccc(Cl)cc1. The van der Waals surface area contributed by atoms with E-state index >= 15 is 0 Å². The number of sulfonamides is 1. The van der Waals surface area contributed by atoms with Crippen molar-refractivity contribution in [2.24, 2.45) is 0 Å². The molecule has 0 aliphatic carbocycles. The summed E-state index contributed by atoms with van der Waals surface area (Å²) in [6.07, 6.45) is 0.629. The summed E-state index contributed by atoms with van der Waals surface area (Å²) in [7, 11) is -2.64. The van der Waals surface area contributed by atoms with Gasteiger partial charge in [0, 0.05) is 17.8 Å². The van der Waals surface area contributed by atoms with Crippen molar-refractivity contribution >= 4 is 39.2 Å². The Labute approximate surface area is 198 Å². The number of nitrogens with zero attached hydrogens (tertiary/aromatic N) is 1. The van der Waals surface area contributed by atoms with E-state index in [2.05, 4.69) is 5.32 Å². The van der Waals surface area contributed by atoms with E-state index in [9.17, 15) is 18.0 Å². The number of ether oxygens (including phenoxy) is 1. The third-order valence-electron chi connectivity index (χ3n) is 4.77. The summed E-state index contributed by atoms with van der Waals surface area (Å²) < 4.78 is 30.9. The quantitative estimate of drug-likeness (QED) is 0.465. The summed E-state index contributed by atoms with van der Waals surface area (Å²) >= 11 is 5.78. The smallest absolute Gasteiger partial charge is 0.321 e. The van der Waals surface area contributed by atoms with Crippen molar-refractivity contribution in [3.63, 3.8) is 0 Å². The lowest BCUT2D eigenvalue weighted by Gasteiger charge is -2.16. The van der Waals surface area contributed by atoms with Gasteiger partial charge < -0.3 is 10.1 Å². The van der Waals surface area contributed by atoms with Gasteiger partial charge in [-0.1, -0.05) is 60.1 Å². The summed E-state index contributed by atoms with van der Waals surface area (Å²) in [5, 5.41) is 3.14. The molecule has 0 radical (unpaired) electrons. The number of para-hydroxylation sites is 1. The van der Waals surface area contributed by atoms with Crippen LogP contribution in [0.4, 0.5) is 5.69 Å². The third kappa shape index (κ3) is 6.89. The number of hydrogen-bond donors (Lipinski definition) is 1. The predicted octanol–water partition coefficient (Wildman–Crippen LogP) is 3.73. The van der Waals surface area contributed by atoms with E-state index in [4.69, 9.17) is 16.3 Å². The van der Waals surface area contributed by atoms with E-state index in [0.717, 1.165) is 15.4 Å². The highest BCUT2D eigenvalue weighted by Crippen LogP contribution is 2.19. The van der Waals surface area contributed by atoms with Gasteiger partial charge in [0.05, 0.1) is 4.90 Å². The van der Waals surface area contributed by atoms with Gasteiger partial charge in [-0.3, -0.25) is 9.59 Å². The van der Waals surface area contributed by atoms with E-state index in [1.807, 2.05) is 42.5 Å². The number of esters is 1. The Morgan fingerprint density at radius 1 is 0.939 bits per heavy atom. The molecule has 3 aromatic rings. The number of halogens is 1. The molecule has 0 heterocycles. The van der Waals surface area contributed by atoms with E-state index in [1.54, 1.807) is 12.1 Å². The topological polar surface area (TPSA) is 92.8 Å². The molecule has 0 unspecified atom stereocenters. The minimum Gasteiger partial charge on any atom is -0.455 e. The maximum absolute atomic E-state index is 12.5. The van der Waals surface area contributed by atoms with Crippen LogP contribution in [0.1, 0.15) is 11.1 Å². The van der Waals surface area contributed by atoms with Gasteiger partial charge in [-0.15, -0.1) is 0 Å². The second-order valence-electron chi connectivity index (χ2n) is 7.24. The monoisotopic (exact) mass is 486 g/mol. The zero-order valence-electron chi connectivity index (χ0n) is 17.9. The van der Waals surface area contributed by atoms with Crippen molar-refractivity contribution in [2.75, 3.05) is 25.5 Å². The van der Waals surface area contributed by atoms with Gasteiger partial charge in [0.1, 0.15) is 6.54 Å². The number of rotatable bonds is 9.